The number of carbonyl (C=O) groups is 1. The second kappa shape index (κ2) is 8.13. The third-order valence-electron chi connectivity index (χ3n) is 4.98. The van der Waals surface area contributed by atoms with Crippen LogP contribution < -0.4 is 10.6 Å². The Labute approximate surface area is 176 Å². The minimum Gasteiger partial charge on any atom is -0.377 e. The number of halogens is 2. The summed E-state index contributed by atoms with van der Waals surface area (Å²) in [5, 5.41) is 21.3. The van der Waals surface area contributed by atoms with Crippen molar-refractivity contribution in [3.05, 3.63) is 81.0 Å². The van der Waals surface area contributed by atoms with Crippen molar-refractivity contribution in [2.24, 2.45) is 0 Å². The van der Waals surface area contributed by atoms with E-state index in [4.69, 9.17) is 0 Å². The van der Waals surface area contributed by atoms with Gasteiger partial charge in [-0.1, -0.05) is 0 Å². The zero-order valence-electron chi connectivity index (χ0n) is 16.6. The average Bonchev–Trinajstić information content (AvgIpc) is 3.49. The molecule has 0 aliphatic heterocycles. The number of nitrogens with zero attached hydrogens (tertiary/aromatic N) is 3. The molecule has 0 bridgehead atoms. The number of amides is 1. The third kappa shape index (κ3) is 4.52. The molecule has 1 aliphatic rings. The fourth-order valence-electron chi connectivity index (χ4n) is 3.16. The highest BCUT2D eigenvalue weighted by molar-refractivity contribution is 6.05. The van der Waals surface area contributed by atoms with Crippen molar-refractivity contribution in [2.45, 2.75) is 32.4 Å². The molecule has 4 rings (SSSR count). The van der Waals surface area contributed by atoms with Gasteiger partial charge < -0.3 is 10.6 Å². The SMILES string of the molecule is Cc1cnn(Cc2cc(F)ccc2F)c1NC(=O)c1ccc(NC2CC2)c([N+](=O)[O-])c1. The Morgan fingerprint density at radius 1 is 1.26 bits per heavy atom. The van der Waals surface area contributed by atoms with Gasteiger partial charge in [-0.15, -0.1) is 0 Å². The van der Waals surface area contributed by atoms with Crippen molar-refractivity contribution < 1.29 is 18.5 Å². The molecule has 0 unspecified atom stereocenters. The van der Waals surface area contributed by atoms with E-state index in [9.17, 15) is 23.7 Å². The van der Waals surface area contributed by atoms with Gasteiger partial charge in [0.05, 0.1) is 17.7 Å². The standard InChI is InChI=1S/C21H19F2N5O3/c1-12-10-24-27(11-14-8-15(22)3-6-17(14)23)20(12)26-21(29)13-2-7-18(25-16-4-5-16)19(9-13)28(30)31/h2-3,6-10,16,25H,4-5,11H2,1H3,(H,26,29). The van der Waals surface area contributed by atoms with E-state index in [0.29, 0.717) is 11.3 Å². The fourth-order valence-corrected chi connectivity index (χ4v) is 3.16. The molecule has 2 N–H and O–H groups in total. The molecule has 2 aromatic carbocycles. The van der Waals surface area contributed by atoms with Crippen LogP contribution in [0.15, 0.2) is 42.6 Å². The van der Waals surface area contributed by atoms with E-state index in [0.717, 1.165) is 31.0 Å². The molecule has 1 saturated carbocycles. The van der Waals surface area contributed by atoms with E-state index in [2.05, 4.69) is 15.7 Å². The molecule has 1 aliphatic carbocycles. The number of rotatable bonds is 7. The van der Waals surface area contributed by atoms with Crippen LogP contribution in [0.4, 0.5) is 26.0 Å². The van der Waals surface area contributed by atoms with Crippen LogP contribution >= 0.6 is 0 Å². The maximum absolute atomic E-state index is 14.0. The first-order valence-electron chi connectivity index (χ1n) is 9.64. The molecule has 1 heterocycles. The van der Waals surface area contributed by atoms with Crippen LogP contribution in [0, 0.1) is 28.7 Å². The lowest BCUT2D eigenvalue weighted by Gasteiger charge is -2.12. The molecule has 0 atom stereocenters. The number of aromatic nitrogens is 2. The summed E-state index contributed by atoms with van der Waals surface area (Å²) in [6, 6.07) is 7.54. The number of aryl methyl sites for hydroxylation is 1. The van der Waals surface area contributed by atoms with Gasteiger partial charge in [-0.2, -0.15) is 5.10 Å². The number of carbonyl (C=O) groups excluding carboxylic acids is 1. The molecule has 10 heteroatoms. The number of hydrogen-bond donors (Lipinski definition) is 2. The average molecular weight is 427 g/mol. The van der Waals surface area contributed by atoms with E-state index < -0.39 is 22.5 Å². The Balaban J connectivity index is 1.57. The van der Waals surface area contributed by atoms with Gasteiger partial charge in [-0.3, -0.25) is 14.9 Å². The van der Waals surface area contributed by atoms with Crippen molar-refractivity contribution in [1.29, 1.82) is 0 Å². The molecule has 31 heavy (non-hydrogen) atoms. The van der Waals surface area contributed by atoms with Gasteiger partial charge in [0.15, 0.2) is 0 Å². The third-order valence-corrected chi connectivity index (χ3v) is 4.98. The van der Waals surface area contributed by atoms with Crippen LogP contribution in [-0.4, -0.2) is 26.7 Å². The highest BCUT2D eigenvalue weighted by Crippen LogP contribution is 2.32. The maximum atomic E-state index is 14.0. The van der Waals surface area contributed by atoms with Gasteiger partial charge in [-0.05, 0) is 50.1 Å². The number of benzene rings is 2. The predicted octanol–water partition coefficient (Wildman–Crippen LogP) is 4.25. The predicted molar refractivity (Wildman–Crippen MR) is 110 cm³/mol. The highest BCUT2D eigenvalue weighted by Gasteiger charge is 2.26. The van der Waals surface area contributed by atoms with Crippen LogP contribution in [0.1, 0.15) is 34.3 Å². The summed E-state index contributed by atoms with van der Waals surface area (Å²) in [5.41, 5.74) is 0.951. The second-order valence-electron chi connectivity index (χ2n) is 7.43. The molecule has 0 saturated heterocycles. The fraction of sp³-hybridized carbons (Fsp3) is 0.238. The number of hydrogen-bond acceptors (Lipinski definition) is 5. The number of nitrogens with one attached hydrogen (secondary N) is 2. The molecule has 160 valence electrons. The summed E-state index contributed by atoms with van der Waals surface area (Å²) in [5.74, 6) is -1.47. The van der Waals surface area contributed by atoms with E-state index in [1.807, 2.05) is 0 Å². The van der Waals surface area contributed by atoms with Crippen LogP contribution in [0.25, 0.3) is 0 Å². The van der Waals surface area contributed by atoms with Gasteiger partial charge in [0.25, 0.3) is 11.6 Å². The summed E-state index contributed by atoms with van der Waals surface area (Å²) in [6.45, 7) is 1.60. The molecule has 1 fully saturated rings. The summed E-state index contributed by atoms with van der Waals surface area (Å²) >= 11 is 0. The Kier molecular flexibility index (Phi) is 5.37. The minimum absolute atomic E-state index is 0.0738. The van der Waals surface area contributed by atoms with Gasteiger partial charge in [0.1, 0.15) is 23.1 Å². The Morgan fingerprint density at radius 2 is 2.03 bits per heavy atom. The first-order valence-corrected chi connectivity index (χ1v) is 9.64. The van der Waals surface area contributed by atoms with Crippen LogP contribution in [-0.2, 0) is 6.54 Å². The van der Waals surface area contributed by atoms with Crippen molar-refractivity contribution in [3.63, 3.8) is 0 Å². The molecule has 0 spiro atoms. The molecule has 1 amide bonds. The van der Waals surface area contributed by atoms with Gasteiger partial charge in [-0.25, -0.2) is 13.5 Å². The lowest BCUT2D eigenvalue weighted by Crippen LogP contribution is -2.17. The quantitative estimate of drug-likeness (QED) is 0.433. The Bertz CT molecular complexity index is 1170. The molecule has 8 nitrogen and oxygen atoms in total. The summed E-state index contributed by atoms with van der Waals surface area (Å²) in [6.07, 6.45) is 3.39. The molecule has 1 aromatic heterocycles. The van der Waals surface area contributed by atoms with Crippen LogP contribution in [0.5, 0.6) is 0 Å². The number of anilines is 2. The van der Waals surface area contributed by atoms with Crippen LogP contribution in [0.2, 0.25) is 0 Å². The normalized spacial score (nSPS) is 13.1. The minimum atomic E-state index is -0.596. The summed E-state index contributed by atoms with van der Waals surface area (Å²) < 4.78 is 28.8. The van der Waals surface area contributed by atoms with E-state index >= 15 is 0 Å². The van der Waals surface area contributed by atoms with Crippen molar-refractivity contribution in [1.82, 2.24) is 9.78 Å². The highest BCUT2D eigenvalue weighted by atomic mass is 19.1. The Hall–Kier alpha value is -3.82. The Morgan fingerprint density at radius 3 is 2.74 bits per heavy atom. The number of nitro benzene ring substituents is 1. The lowest BCUT2D eigenvalue weighted by molar-refractivity contribution is -0.384. The van der Waals surface area contributed by atoms with Crippen molar-refractivity contribution in [3.8, 4) is 0 Å². The first kappa shape index (κ1) is 20.5. The number of nitro groups is 1. The topological polar surface area (TPSA) is 102 Å². The summed E-state index contributed by atoms with van der Waals surface area (Å²) in [7, 11) is 0. The van der Waals surface area contributed by atoms with Gasteiger partial charge in [0, 0.05) is 28.8 Å². The largest absolute Gasteiger partial charge is 0.377 e. The zero-order valence-corrected chi connectivity index (χ0v) is 16.6. The summed E-state index contributed by atoms with van der Waals surface area (Å²) in [4.78, 5) is 23.7. The maximum Gasteiger partial charge on any atom is 0.293 e. The van der Waals surface area contributed by atoms with Crippen molar-refractivity contribution >= 4 is 23.1 Å². The second-order valence-corrected chi connectivity index (χ2v) is 7.43. The first-order chi connectivity index (χ1) is 14.8. The van der Waals surface area contributed by atoms with Gasteiger partial charge >= 0.3 is 0 Å². The lowest BCUT2D eigenvalue weighted by atomic mass is 10.1. The van der Waals surface area contributed by atoms with E-state index in [1.165, 1.54) is 29.1 Å². The van der Waals surface area contributed by atoms with Gasteiger partial charge in [0.2, 0.25) is 0 Å². The smallest absolute Gasteiger partial charge is 0.293 e. The van der Waals surface area contributed by atoms with E-state index in [1.54, 1.807) is 6.92 Å². The van der Waals surface area contributed by atoms with Crippen LogP contribution in [0.3, 0.4) is 0 Å². The molecule has 3 aromatic rings. The monoisotopic (exact) mass is 427 g/mol. The molecular weight excluding hydrogens is 408 g/mol. The molecular formula is C21H19F2N5O3. The van der Waals surface area contributed by atoms with Crippen molar-refractivity contribution in [2.75, 3.05) is 10.6 Å². The zero-order chi connectivity index (χ0) is 22.1. The molecule has 0 radical (unpaired) electrons. The van der Waals surface area contributed by atoms with E-state index in [-0.39, 0.29) is 35.2 Å².